The lowest BCUT2D eigenvalue weighted by atomic mass is 9.91. The number of carbonyl (C=O) groups excluding carboxylic acids is 1. The van der Waals surface area contributed by atoms with Crippen molar-refractivity contribution in [2.24, 2.45) is 0 Å². The first-order chi connectivity index (χ1) is 16.6. The first-order valence-electron chi connectivity index (χ1n) is 11.4. The second-order valence-corrected chi connectivity index (χ2v) is 8.39. The monoisotopic (exact) mass is 450 g/mol. The van der Waals surface area contributed by atoms with E-state index in [2.05, 4.69) is 49.6 Å². The molecule has 2 aromatic carbocycles. The summed E-state index contributed by atoms with van der Waals surface area (Å²) in [5.41, 5.74) is 10.9. The fourth-order valence-corrected chi connectivity index (χ4v) is 4.60. The summed E-state index contributed by atoms with van der Waals surface area (Å²) in [6.07, 6.45) is 8.47. The quantitative estimate of drug-likeness (QED) is 0.451. The van der Waals surface area contributed by atoms with E-state index in [1.807, 2.05) is 25.1 Å². The van der Waals surface area contributed by atoms with E-state index in [1.165, 1.54) is 11.9 Å². The van der Waals surface area contributed by atoms with E-state index in [0.29, 0.717) is 23.1 Å². The summed E-state index contributed by atoms with van der Waals surface area (Å²) in [4.78, 5) is 28.0. The number of fused-ring (bicyclic) bond motifs is 1. The van der Waals surface area contributed by atoms with Gasteiger partial charge in [-0.2, -0.15) is 0 Å². The van der Waals surface area contributed by atoms with Crippen LogP contribution in [0.3, 0.4) is 0 Å². The van der Waals surface area contributed by atoms with E-state index in [0.717, 1.165) is 41.5 Å². The largest absolute Gasteiger partial charge is 0.383 e. The molecule has 0 radical (unpaired) electrons. The van der Waals surface area contributed by atoms with Gasteiger partial charge in [-0.25, -0.2) is 15.0 Å². The fraction of sp³-hybridized carbons (Fsp3) is 0.185. The molecule has 4 aromatic rings. The molecule has 1 aliphatic rings. The molecule has 1 amide bonds. The number of nitrogens with two attached hydrogens (primary N) is 1. The number of allylic oxidation sites excluding steroid dienone is 1. The van der Waals surface area contributed by atoms with Gasteiger partial charge in [0.05, 0.1) is 10.9 Å². The maximum Gasteiger partial charge on any atom is 0.256 e. The Kier molecular flexibility index (Phi) is 5.91. The summed E-state index contributed by atoms with van der Waals surface area (Å²) in [5, 5.41) is 3.67. The van der Waals surface area contributed by atoms with Crippen LogP contribution in [0.15, 0.2) is 79.4 Å². The van der Waals surface area contributed by atoms with Gasteiger partial charge in [-0.3, -0.25) is 4.79 Å². The van der Waals surface area contributed by atoms with Crippen molar-refractivity contribution in [3.05, 3.63) is 90.5 Å². The number of nitrogens with zero attached hydrogens (tertiary/aromatic N) is 4. The van der Waals surface area contributed by atoms with E-state index in [1.54, 1.807) is 30.5 Å². The van der Waals surface area contributed by atoms with Gasteiger partial charge in [0, 0.05) is 30.8 Å². The molecule has 1 unspecified atom stereocenters. The SMILES string of the molecule is CC=CN1CCC(c2ccc(-c3ccc(C(=O)Nc4ccccn4)cc3)c3c(N)ncnc23)C1. The van der Waals surface area contributed by atoms with Gasteiger partial charge in [-0.15, -0.1) is 0 Å². The molecular weight excluding hydrogens is 424 g/mol. The van der Waals surface area contributed by atoms with Gasteiger partial charge < -0.3 is 16.0 Å². The molecule has 7 heteroatoms. The van der Waals surface area contributed by atoms with E-state index >= 15 is 0 Å². The molecule has 1 aliphatic heterocycles. The zero-order valence-corrected chi connectivity index (χ0v) is 19.0. The highest BCUT2D eigenvalue weighted by atomic mass is 16.1. The van der Waals surface area contributed by atoms with Gasteiger partial charge in [0.1, 0.15) is 18.0 Å². The number of carbonyl (C=O) groups is 1. The van der Waals surface area contributed by atoms with Gasteiger partial charge in [0.25, 0.3) is 5.91 Å². The van der Waals surface area contributed by atoms with Crippen LogP contribution in [0.5, 0.6) is 0 Å². The number of rotatable bonds is 5. The standard InChI is InChI=1S/C27H26N6O/c1-2-14-33-15-12-20(16-33)22-11-10-21(24-25(22)30-17-31-26(24)28)18-6-8-19(9-7-18)27(34)32-23-5-3-4-13-29-23/h2-11,13-14,17,20H,12,15-16H2,1H3,(H2,28,30,31)(H,29,32,34). The minimum absolute atomic E-state index is 0.208. The topological polar surface area (TPSA) is 97.0 Å². The number of anilines is 2. The lowest BCUT2D eigenvalue weighted by Gasteiger charge is -2.17. The van der Waals surface area contributed by atoms with Gasteiger partial charge in [-0.05, 0) is 60.5 Å². The Morgan fingerprint density at radius 3 is 2.71 bits per heavy atom. The smallest absolute Gasteiger partial charge is 0.256 e. The summed E-state index contributed by atoms with van der Waals surface area (Å²) >= 11 is 0. The Morgan fingerprint density at radius 1 is 1.09 bits per heavy atom. The third-order valence-corrected chi connectivity index (χ3v) is 6.23. The van der Waals surface area contributed by atoms with Crippen molar-refractivity contribution in [3.63, 3.8) is 0 Å². The number of amides is 1. The van der Waals surface area contributed by atoms with Gasteiger partial charge in [0.15, 0.2) is 0 Å². The summed E-state index contributed by atoms with van der Waals surface area (Å²) in [6, 6.07) is 17.1. The lowest BCUT2D eigenvalue weighted by Crippen LogP contribution is -2.13. The molecule has 3 N–H and O–H groups in total. The van der Waals surface area contributed by atoms with Crippen LogP contribution in [-0.4, -0.2) is 38.8 Å². The van der Waals surface area contributed by atoms with Crippen LogP contribution in [0.2, 0.25) is 0 Å². The normalized spacial score (nSPS) is 15.8. The van der Waals surface area contributed by atoms with Crippen molar-refractivity contribution in [1.82, 2.24) is 19.9 Å². The van der Waals surface area contributed by atoms with E-state index in [4.69, 9.17) is 5.73 Å². The van der Waals surface area contributed by atoms with Crippen LogP contribution >= 0.6 is 0 Å². The van der Waals surface area contributed by atoms with Crippen molar-refractivity contribution in [2.45, 2.75) is 19.3 Å². The second-order valence-electron chi connectivity index (χ2n) is 8.39. The maximum atomic E-state index is 12.6. The molecule has 1 saturated heterocycles. The molecule has 3 heterocycles. The average Bonchev–Trinajstić information content (AvgIpc) is 3.33. The molecule has 1 atom stereocenters. The fourth-order valence-electron chi connectivity index (χ4n) is 4.60. The molecule has 0 bridgehead atoms. The van der Waals surface area contributed by atoms with Crippen molar-refractivity contribution in [3.8, 4) is 11.1 Å². The molecule has 2 aromatic heterocycles. The van der Waals surface area contributed by atoms with E-state index in [-0.39, 0.29) is 5.91 Å². The molecule has 0 aliphatic carbocycles. The Morgan fingerprint density at radius 2 is 1.94 bits per heavy atom. The van der Waals surface area contributed by atoms with Crippen molar-refractivity contribution < 1.29 is 4.79 Å². The van der Waals surface area contributed by atoms with Crippen LogP contribution < -0.4 is 11.1 Å². The zero-order valence-electron chi connectivity index (χ0n) is 19.0. The Bertz CT molecular complexity index is 1350. The van der Waals surface area contributed by atoms with Gasteiger partial charge >= 0.3 is 0 Å². The molecule has 170 valence electrons. The van der Waals surface area contributed by atoms with Crippen LogP contribution in [0, 0.1) is 0 Å². The number of aromatic nitrogens is 3. The highest BCUT2D eigenvalue weighted by Gasteiger charge is 2.25. The number of benzene rings is 2. The molecule has 0 saturated carbocycles. The summed E-state index contributed by atoms with van der Waals surface area (Å²) in [7, 11) is 0. The Labute approximate surface area is 198 Å². The highest BCUT2D eigenvalue weighted by molar-refractivity contribution is 6.05. The van der Waals surface area contributed by atoms with Crippen molar-refractivity contribution in [1.29, 1.82) is 0 Å². The average molecular weight is 451 g/mol. The Hall–Kier alpha value is -4.26. The Balaban J connectivity index is 1.47. The summed E-state index contributed by atoms with van der Waals surface area (Å²) in [5.74, 6) is 1.16. The van der Waals surface area contributed by atoms with Gasteiger partial charge in [0.2, 0.25) is 0 Å². The molecule has 34 heavy (non-hydrogen) atoms. The minimum Gasteiger partial charge on any atom is -0.383 e. The number of hydrogen-bond acceptors (Lipinski definition) is 6. The first kappa shape index (κ1) is 21.6. The van der Waals surface area contributed by atoms with Crippen LogP contribution in [0.4, 0.5) is 11.6 Å². The third kappa shape index (κ3) is 4.20. The summed E-state index contributed by atoms with van der Waals surface area (Å²) in [6.45, 7) is 4.03. The predicted molar refractivity (Wildman–Crippen MR) is 135 cm³/mol. The predicted octanol–water partition coefficient (Wildman–Crippen LogP) is 4.85. The van der Waals surface area contributed by atoms with E-state index in [9.17, 15) is 4.79 Å². The number of likely N-dealkylation sites (tertiary alicyclic amines) is 1. The maximum absolute atomic E-state index is 12.6. The van der Waals surface area contributed by atoms with Crippen LogP contribution in [-0.2, 0) is 0 Å². The number of hydrogen-bond donors (Lipinski definition) is 2. The number of nitrogens with one attached hydrogen (secondary N) is 1. The molecule has 7 nitrogen and oxygen atoms in total. The van der Waals surface area contributed by atoms with Crippen LogP contribution in [0.1, 0.15) is 35.2 Å². The van der Waals surface area contributed by atoms with Gasteiger partial charge in [-0.1, -0.05) is 36.4 Å². The number of pyridine rings is 1. The number of nitrogen functional groups attached to an aromatic ring is 1. The minimum atomic E-state index is -0.208. The highest BCUT2D eigenvalue weighted by Crippen LogP contribution is 2.38. The molecule has 0 spiro atoms. The molecular formula is C27H26N6O. The zero-order chi connectivity index (χ0) is 23.5. The second kappa shape index (κ2) is 9.31. The molecule has 5 rings (SSSR count). The lowest BCUT2D eigenvalue weighted by molar-refractivity contribution is 0.102. The van der Waals surface area contributed by atoms with Crippen molar-refractivity contribution in [2.75, 3.05) is 24.1 Å². The van der Waals surface area contributed by atoms with Crippen LogP contribution in [0.25, 0.3) is 22.0 Å². The summed E-state index contributed by atoms with van der Waals surface area (Å²) < 4.78 is 0. The molecule has 1 fully saturated rings. The van der Waals surface area contributed by atoms with E-state index < -0.39 is 0 Å². The van der Waals surface area contributed by atoms with Crippen molar-refractivity contribution >= 4 is 28.4 Å². The first-order valence-corrected chi connectivity index (χ1v) is 11.4. The third-order valence-electron chi connectivity index (χ3n) is 6.23.